The van der Waals surface area contributed by atoms with Crippen LogP contribution in [0.25, 0.3) is 0 Å². The number of methoxy groups -OCH3 is 1. The van der Waals surface area contributed by atoms with Crippen molar-refractivity contribution in [2.75, 3.05) is 38.3 Å². The molecule has 2 aliphatic rings. The molecule has 3 unspecified atom stereocenters. The first-order valence-electron chi connectivity index (χ1n) is 14.1. The largest absolute Gasteiger partial charge is 0.497 e. The molecule has 7 heteroatoms. The molecule has 1 N–H and O–H groups in total. The fraction of sp³-hybridized carbons (Fsp3) is 0.394. The normalized spacial score (nSPS) is 20.1. The Morgan fingerprint density at radius 2 is 1.85 bits per heavy atom. The van der Waals surface area contributed by atoms with Crippen molar-refractivity contribution in [3.63, 3.8) is 0 Å². The minimum Gasteiger partial charge on any atom is -0.497 e. The molecule has 7 nitrogen and oxygen atoms in total. The number of rotatable bonds is 10. The summed E-state index contributed by atoms with van der Waals surface area (Å²) in [5, 5.41) is 10.6. The van der Waals surface area contributed by atoms with Crippen molar-refractivity contribution in [1.82, 2.24) is 4.90 Å². The SMILES string of the molecule is CCCCN(C(=O)CN1CC(c2ccc3c(c2)CCO3)C(C(=O)O)C1c1ccc(OC)cc1)c1cccc(C)c1. The van der Waals surface area contributed by atoms with Gasteiger partial charge in [0, 0.05) is 37.2 Å². The van der Waals surface area contributed by atoms with E-state index in [1.54, 1.807) is 7.11 Å². The van der Waals surface area contributed by atoms with E-state index in [9.17, 15) is 14.7 Å². The van der Waals surface area contributed by atoms with Crippen molar-refractivity contribution in [3.05, 3.63) is 89.0 Å². The van der Waals surface area contributed by atoms with Gasteiger partial charge in [-0.25, -0.2) is 0 Å². The van der Waals surface area contributed by atoms with E-state index >= 15 is 0 Å². The molecule has 0 saturated carbocycles. The Kier molecular flexibility index (Phi) is 8.40. The summed E-state index contributed by atoms with van der Waals surface area (Å²) in [5.74, 6) is -0.298. The van der Waals surface area contributed by atoms with E-state index in [1.165, 1.54) is 0 Å². The smallest absolute Gasteiger partial charge is 0.309 e. The van der Waals surface area contributed by atoms with Gasteiger partial charge in [-0.2, -0.15) is 0 Å². The van der Waals surface area contributed by atoms with Gasteiger partial charge in [-0.3, -0.25) is 14.5 Å². The van der Waals surface area contributed by atoms with Gasteiger partial charge in [-0.05, 0) is 65.9 Å². The van der Waals surface area contributed by atoms with E-state index in [-0.39, 0.29) is 18.4 Å². The van der Waals surface area contributed by atoms with E-state index in [2.05, 4.69) is 17.9 Å². The van der Waals surface area contributed by atoms with E-state index in [4.69, 9.17) is 9.47 Å². The average Bonchev–Trinajstić information content (AvgIpc) is 3.58. The highest BCUT2D eigenvalue weighted by Crippen LogP contribution is 2.47. The van der Waals surface area contributed by atoms with Crippen LogP contribution in [0.1, 0.15) is 54.0 Å². The summed E-state index contributed by atoms with van der Waals surface area (Å²) in [6, 6.07) is 21.1. The number of carbonyl (C=O) groups excluding carboxylic acids is 1. The summed E-state index contributed by atoms with van der Waals surface area (Å²) in [5.41, 5.74) is 4.93. The van der Waals surface area contributed by atoms with Crippen molar-refractivity contribution >= 4 is 17.6 Å². The van der Waals surface area contributed by atoms with Crippen molar-refractivity contribution in [2.45, 2.75) is 45.1 Å². The van der Waals surface area contributed by atoms with Crippen LogP contribution in [0.4, 0.5) is 5.69 Å². The van der Waals surface area contributed by atoms with Crippen LogP contribution in [0.15, 0.2) is 66.7 Å². The number of carbonyl (C=O) groups is 2. The van der Waals surface area contributed by atoms with E-state index in [0.717, 1.165) is 53.0 Å². The lowest BCUT2D eigenvalue weighted by Crippen LogP contribution is -2.41. The number of aliphatic carboxylic acids is 1. The zero-order valence-electron chi connectivity index (χ0n) is 23.5. The topological polar surface area (TPSA) is 79.3 Å². The Hall–Kier alpha value is -3.84. The van der Waals surface area contributed by atoms with E-state index < -0.39 is 17.9 Å². The first-order chi connectivity index (χ1) is 19.4. The molecule has 0 spiro atoms. The molecule has 1 amide bonds. The van der Waals surface area contributed by atoms with Crippen LogP contribution in [0.3, 0.4) is 0 Å². The Balaban J connectivity index is 1.51. The Morgan fingerprint density at radius 1 is 1.07 bits per heavy atom. The fourth-order valence-corrected chi connectivity index (χ4v) is 6.14. The predicted molar refractivity (Wildman–Crippen MR) is 155 cm³/mol. The van der Waals surface area contributed by atoms with E-state index in [1.807, 2.05) is 72.5 Å². The number of ether oxygens (including phenoxy) is 2. The van der Waals surface area contributed by atoms with Gasteiger partial charge in [-0.1, -0.05) is 49.7 Å². The van der Waals surface area contributed by atoms with E-state index in [0.29, 0.717) is 25.4 Å². The average molecular weight is 543 g/mol. The van der Waals surface area contributed by atoms with Crippen LogP contribution in [0, 0.1) is 12.8 Å². The van der Waals surface area contributed by atoms with Crippen molar-refractivity contribution in [3.8, 4) is 11.5 Å². The van der Waals surface area contributed by atoms with Gasteiger partial charge in [0.25, 0.3) is 0 Å². The number of nitrogens with zero attached hydrogens (tertiary/aromatic N) is 2. The van der Waals surface area contributed by atoms with Gasteiger partial charge >= 0.3 is 5.97 Å². The van der Waals surface area contributed by atoms with Crippen LogP contribution in [0.5, 0.6) is 11.5 Å². The maximum Gasteiger partial charge on any atom is 0.309 e. The number of likely N-dealkylation sites (tertiary alicyclic amines) is 1. The van der Waals surface area contributed by atoms with Gasteiger partial charge in [-0.15, -0.1) is 0 Å². The highest BCUT2D eigenvalue weighted by Gasteiger charge is 2.48. The number of hydrogen-bond donors (Lipinski definition) is 1. The molecule has 0 radical (unpaired) electrons. The summed E-state index contributed by atoms with van der Waals surface area (Å²) in [6.07, 6.45) is 2.68. The van der Waals surface area contributed by atoms with Gasteiger partial charge in [0.1, 0.15) is 11.5 Å². The van der Waals surface area contributed by atoms with Gasteiger partial charge < -0.3 is 19.5 Å². The number of fused-ring (bicyclic) bond motifs is 1. The molecule has 2 heterocycles. The maximum absolute atomic E-state index is 14.0. The zero-order chi connectivity index (χ0) is 28.2. The van der Waals surface area contributed by atoms with Gasteiger partial charge in [0.2, 0.25) is 5.91 Å². The van der Waals surface area contributed by atoms with Crippen LogP contribution in [-0.4, -0.2) is 55.2 Å². The molecule has 2 aliphatic heterocycles. The minimum atomic E-state index is -0.862. The van der Waals surface area contributed by atoms with Crippen molar-refractivity contribution in [2.24, 2.45) is 5.92 Å². The molecule has 5 rings (SSSR count). The third-order valence-electron chi connectivity index (χ3n) is 8.17. The molecule has 1 saturated heterocycles. The lowest BCUT2D eigenvalue weighted by Gasteiger charge is -2.30. The van der Waals surface area contributed by atoms with Crippen LogP contribution < -0.4 is 14.4 Å². The quantitative estimate of drug-likeness (QED) is 0.359. The number of carboxylic acid groups (broad SMARTS) is 1. The number of benzene rings is 3. The predicted octanol–water partition coefficient (Wildman–Crippen LogP) is 5.61. The highest BCUT2D eigenvalue weighted by molar-refractivity contribution is 5.95. The molecule has 0 aliphatic carbocycles. The maximum atomic E-state index is 14.0. The van der Waals surface area contributed by atoms with Crippen molar-refractivity contribution < 1.29 is 24.2 Å². The summed E-state index contributed by atoms with van der Waals surface area (Å²) in [4.78, 5) is 30.8. The number of anilines is 1. The summed E-state index contributed by atoms with van der Waals surface area (Å²) in [7, 11) is 1.61. The third-order valence-corrected chi connectivity index (χ3v) is 8.17. The standard InChI is InChI=1S/C33H38N2O5/c1-4-5-16-35(26-8-6-7-22(2)18-26)30(36)21-34-20-28(24-11-14-29-25(19-24)15-17-40-29)31(33(37)38)32(34)23-9-12-27(39-3)13-10-23/h6-14,18-19,28,31-32H,4-5,15-17,20-21H2,1-3H3,(H,37,38). The van der Waals surface area contributed by atoms with Crippen LogP contribution in [0.2, 0.25) is 0 Å². The highest BCUT2D eigenvalue weighted by atomic mass is 16.5. The zero-order valence-corrected chi connectivity index (χ0v) is 23.5. The number of amides is 1. The second kappa shape index (κ2) is 12.1. The molecule has 3 atom stereocenters. The lowest BCUT2D eigenvalue weighted by atomic mass is 9.82. The van der Waals surface area contributed by atoms with Gasteiger partial charge in [0.05, 0.1) is 26.2 Å². The Labute approximate surface area is 236 Å². The minimum absolute atomic E-state index is 0.0234. The van der Waals surface area contributed by atoms with Crippen LogP contribution in [-0.2, 0) is 16.0 Å². The summed E-state index contributed by atoms with van der Waals surface area (Å²) >= 11 is 0. The second-order valence-corrected chi connectivity index (χ2v) is 10.8. The molecule has 40 heavy (non-hydrogen) atoms. The summed E-state index contributed by atoms with van der Waals surface area (Å²) < 4.78 is 11.1. The number of hydrogen-bond acceptors (Lipinski definition) is 5. The third kappa shape index (κ3) is 5.70. The lowest BCUT2D eigenvalue weighted by molar-refractivity contribution is -0.143. The van der Waals surface area contributed by atoms with Gasteiger partial charge in [0.15, 0.2) is 0 Å². The monoisotopic (exact) mass is 542 g/mol. The number of unbranched alkanes of at least 4 members (excludes halogenated alkanes) is 1. The molecule has 0 aromatic heterocycles. The molecule has 3 aromatic rings. The molecule has 210 valence electrons. The molecular weight excluding hydrogens is 504 g/mol. The van der Waals surface area contributed by atoms with Crippen molar-refractivity contribution in [1.29, 1.82) is 0 Å². The summed E-state index contributed by atoms with van der Waals surface area (Å²) in [6.45, 7) is 6.00. The molecule has 3 aromatic carbocycles. The fourth-order valence-electron chi connectivity index (χ4n) is 6.14. The number of aryl methyl sites for hydroxylation is 1. The number of carboxylic acids is 1. The molecular formula is C33H38N2O5. The molecule has 1 fully saturated rings. The Morgan fingerprint density at radius 3 is 2.55 bits per heavy atom. The second-order valence-electron chi connectivity index (χ2n) is 10.8. The first-order valence-corrected chi connectivity index (χ1v) is 14.1. The Bertz CT molecular complexity index is 1360. The van der Waals surface area contributed by atoms with Crippen LogP contribution >= 0.6 is 0 Å². The first kappa shape index (κ1) is 27.7. The molecule has 0 bridgehead atoms.